The highest BCUT2D eigenvalue weighted by atomic mass is 32.2. The fourth-order valence-electron chi connectivity index (χ4n) is 3.49. The lowest BCUT2D eigenvalue weighted by atomic mass is 9.86. The number of likely N-dealkylation sites (tertiary alicyclic amines) is 1. The van der Waals surface area contributed by atoms with Crippen molar-refractivity contribution in [3.63, 3.8) is 0 Å². The van der Waals surface area contributed by atoms with E-state index in [0.29, 0.717) is 12.2 Å². The maximum absolute atomic E-state index is 12.9. The third-order valence-corrected chi connectivity index (χ3v) is 5.84. The second-order valence-corrected chi connectivity index (χ2v) is 10.3. The fourth-order valence-corrected chi connectivity index (χ4v) is 4.54. The SMILES string of the molecule is CC(C)(C)c1ccc2[nH]c(C(=O)N3CCC[C@@H]3CS(C)(=O)=O)cc2c1. The predicted molar refractivity (Wildman–Crippen MR) is 101 cm³/mol. The molecule has 1 amide bonds. The predicted octanol–water partition coefficient (Wildman–Crippen LogP) is 3.11. The minimum atomic E-state index is -3.11. The van der Waals surface area contributed by atoms with E-state index in [4.69, 9.17) is 0 Å². The van der Waals surface area contributed by atoms with Crippen LogP contribution >= 0.6 is 0 Å². The molecule has 2 heterocycles. The van der Waals surface area contributed by atoms with Gasteiger partial charge in [0, 0.05) is 29.7 Å². The summed E-state index contributed by atoms with van der Waals surface area (Å²) in [5.41, 5.74) is 2.72. The highest BCUT2D eigenvalue weighted by molar-refractivity contribution is 7.90. The Labute approximate surface area is 149 Å². The van der Waals surface area contributed by atoms with Crippen LogP contribution in [0.2, 0.25) is 0 Å². The summed E-state index contributed by atoms with van der Waals surface area (Å²) in [5.74, 6) is -0.0766. The third kappa shape index (κ3) is 3.89. The lowest BCUT2D eigenvalue weighted by molar-refractivity contribution is 0.0744. The van der Waals surface area contributed by atoms with E-state index in [2.05, 4.69) is 37.9 Å². The largest absolute Gasteiger partial charge is 0.351 e. The van der Waals surface area contributed by atoms with Crippen LogP contribution in [-0.4, -0.2) is 48.8 Å². The van der Waals surface area contributed by atoms with E-state index in [0.717, 1.165) is 23.7 Å². The Balaban J connectivity index is 1.89. The summed E-state index contributed by atoms with van der Waals surface area (Å²) in [6, 6.07) is 7.85. The number of hydrogen-bond donors (Lipinski definition) is 1. The molecule has 1 aliphatic heterocycles. The van der Waals surface area contributed by atoms with Crippen LogP contribution < -0.4 is 0 Å². The van der Waals surface area contributed by atoms with E-state index in [-0.39, 0.29) is 23.1 Å². The molecule has 1 atom stereocenters. The van der Waals surface area contributed by atoms with Gasteiger partial charge in [0.1, 0.15) is 15.5 Å². The number of nitrogens with zero attached hydrogens (tertiary/aromatic N) is 1. The molecule has 1 saturated heterocycles. The summed E-state index contributed by atoms with van der Waals surface area (Å²) in [6.45, 7) is 7.09. The first-order valence-electron chi connectivity index (χ1n) is 8.66. The Kier molecular flexibility index (Phi) is 4.43. The van der Waals surface area contributed by atoms with Gasteiger partial charge in [-0.1, -0.05) is 26.8 Å². The van der Waals surface area contributed by atoms with Crippen LogP contribution in [0.25, 0.3) is 10.9 Å². The van der Waals surface area contributed by atoms with Crippen molar-refractivity contribution in [3.8, 4) is 0 Å². The van der Waals surface area contributed by atoms with Crippen LogP contribution in [0.5, 0.6) is 0 Å². The third-order valence-electron chi connectivity index (χ3n) is 4.85. The fraction of sp³-hybridized carbons (Fsp3) is 0.526. The van der Waals surface area contributed by atoms with Gasteiger partial charge in [-0.3, -0.25) is 4.79 Å². The number of H-pyrrole nitrogens is 1. The first-order chi connectivity index (χ1) is 11.5. The number of aromatic amines is 1. The van der Waals surface area contributed by atoms with E-state index in [1.165, 1.54) is 11.8 Å². The minimum absolute atomic E-state index is 0.0349. The Morgan fingerprint density at radius 1 is 1.28 bits per heavy atom. The van der Waals surface area contributed by atoms with E-state index >= 15 is 0 Å². The quantitative estimate of drug-likeness (QED) is 0.912. The van der Waals surface area contributed by atoms with Gasteiger partial charge in [0.2, 0.25) is 0 Å². The molecule has 25 heavy (non-hydrogen) atoms. The van der Waals surface area contributed by atoms with Crippen molar-refractivity contribution in [2.45, 2.75) is 45.1 Å². The number of sulfone groups is 1. The minimum Gasteiger partial charge on any atom is -0.351 e. The summed E-state index contributed by atoms with van der Waals surface area (Å²) in [7, 11) is -3.11. The van der Waals surface area contributed by atoms with E-state index in [1.54, 1.807) is 4.90 Å². The number of carbonyl (C=O) groups excluding carboxylic acids is 1. The van der Waals surface area contributed by atoms with Crippen LogP contribution in [0.15, 0.2) is 24.3 Å². The number of fused-ring (bicyclic) bond motifs is 1. The summed E-state index contributed by atoms with van der Waals surface area (Å²) in [4.78, 5) is 17.8. The van der Waals surface area contributed by atoms with Crippen LogP contribution in [-0.2, 0) is 15.3 Å². The van der Waals surface area contributed by atoms with Gasteiger partial charge < -0.3 is 9.88 Å². The van der Waals surface area contributed by atoms with E-state index in [9.17, 15) is 13.2 Å². The van der Waals surface area contributed by atoms with E-state index in [1.807, 2.05) is 12.1 Å². The Hall–Kier alpha value is -1.82. The molecule has 3 rings (SSSR count). The van der Waals surface area contributed by atoms with Crippen molar-refractivity contribution in [1.29, 1.82) is 0 Å². The number of benzene rings is 1. The van der Waals surface area contributed by atoms with Gasteiger partial charge in [0.25, 0.3) is 5.91 Å². The van der Waals surface area contributed by atoms with Gasteiger partial charge in [-0.15, -0.1) is 0 Å². The summed E-state index contributed by atoms with van der Waals surface area (Å²) < 4.78 is 23.2. The van der Waals surface area contributed by atoms with Gasteiger partial charge in [-0.25, -0.2) is 8.42 Å². The average molecular weight is 362 g/mol. The van der Waals surface area contributed by atoms with Gasteiger partial charge >= 0.3 is 0 Å². The molecule has 0 saturated carbocycles. The molecule has 5 nitrogen and oxygen atoms in total. The topological polar surface area (TPSA) is 70.2 Å². The molecular weight excluding hydrogens is 336 g/mol. The lowest BCUT2D eigenvalue weighted by Gasteiger charge is -2.23. The first kappa shape index (κ1) is 18.0. The van der Waals surface area contributed by atoms with Crippen LogP contribution in [0.1, 0.15) is 49.7 Å². The Morgan fingerprint density at radius 2 is 2.00 bits per heavy atom. The second kappa shape index (κ2) is 6.16. The van der Waals surface area contributed by atoms with Gasteiger partial charge in [-0.2, -0.15) is 0 Å². The molecule has 0 unspecified atom stereocenters. The molecule has 1 aromatic carbocycles. The number of nitrogens with one attached hydrogen (secondary N) is 1. The maximum atomic E-state index is 12.9. The second-order valence-electron chi connectivity index (χ2n) is 8.12. The smallest absolute Gasteiger partial charge is 0.270 e. The highest BCUT2D eigenvalue weighted by Crippen LogP contribution is 2.28. The molecule has 1 fully saturated rings. The van der Waals surface area contributed by atoms with E-state index < -0.39 is 9.84 Å². The molecule has 136 valence electrons. The van der Waals surface area contributed by atoms with Crippen molar-refractivity contribution in [1.82, 2.24) is 9.88 Å². The molecule has 2 aromatic rings. The van der Waals surface area contributed by atoms with Gasteiger partial charge in [-0.05, 0) is 42.0 Å². The molecule has 1 N–H and O–H groups in total. The van der Waals surface area contributed by atoms with Gasteiger partial charge in [0.05, 0.1) is 5.75 Å². The molecule has 0 spiro atoms. The zero-order chi connectivity index (χ0) is 18.4. The normalized spacial score (nSPS) is 18.9. The van der Waals surface area contributed by atoms with Crippen molar-refractivity contribution >= 4 is 26.6 Å². The van der Waals surface area contributed by atoms with Crippen LogP contribution in [0.3, 0.4) is 0 Å². The summed E-state index contributed by atoms with van der Waals surface area (Å²) in [6.07, 6.45) is 2.82. The number of aromatic nitrogens is 1. The molecule has 0 bridgehead atoms. The number of carbonyl (C=O) groups is 1. The molecule has 0 radical (unpaired) electrons. The van der Waals surface area contributed by atoms with Crippen molar-refractivity contribution in [3.05, 3.63) is 35.5 Å². The molecular formula is C19H26N2O3S. The molecule has 6 heteroatoms. The number of hydrogen-bond acceptors (Lipinski definition) is 3. The standard InChI is InChI=1S/C19H26N2O3S/c1-19(2,3)14-7-8-16-13(10-14)11-17(20-16)18(22)21-9-5-6-15(21)12-25(4,23)24/h7-8,10-11,15,20H,5-6,9,12H2,1-4H3/t15-/m1/s1. The van der Waals surface area contributed by atoms with Crippen molar-refractivity contribution in [2.24, 2.45) is 0 Å². The van der Waals surface area contributed by atoms with Crippen molar-refractivity contribution < 1.29 is 13.2 Å². The Morgan fingerprint density at radius 3 is 2.64 bits per heavy atom. The van der Waals surface area contributed by atoms with Crippen molar-refractivity contribution in [2.75, 3.05) is 18.6 Å². The average Bonchev–Trinajstić information content (AvgIpc) is 3.09. The summed E-state index contributed by atoms with van der Waals surface area (Å²) in [5, 5.41) is 1.01. The zero-order valence-electron chi connectivity index (χ0n) is 15.3. The number of amides is 1. The summed E-state index contributed by atoms with van der Waals surface area (Å²) >= 11 is 0. The van der Waals surface area contributed by atoms with Crippen LogP contribution in [0, 0.1) is 0 Å². The van der Waals surface area contributed by atoms with Crippen LogP contribution in [0.4, 0.5) is 0 Å². The van der Waals surface area contributed by atoms with Gasteiger partial charge in [0.15, 0.2) is 0 Å². The number of rotatable bonds is 3. The Bertz CT molecular complexity index is 906. The monoisotopic (exact) mass is 362 g/mol. The molecule has 0 aliphatic carbocycles. The zero-order valence-corrected chi connectivity index (χ0v) is 16.1. The maximum Gasteiger partial charge on any atom is 0.270 e. The molecule has 1 aromatic heterocycles. The molecule has 1 aliphatic rings. The lowest BCUT2D eigenvalue weighted by Crippen LogP contribution is -2.39. The highest BCUT2D eigenvalue weighted by Gasteiger charge is 2.32. The first-order valence-corrected chi connectivity index (χ1v) is 10.7.